The molecule has 2 rings (SSSR count). The third-order valence-corrected chi connectivity index (χ3v) is 2.17. The molecule has 4 nitrogen and oxygen atoms in total. The Labute approximate surface area is 89.4 Å². The molecule has 0 saturated carbocycles. The largest absolute Gasteiger partial charge is 0.476 e. The Morgan fingerprint density at radius 3 is 3.21 bits per heavy atom. The SMILES string of the molecule is CCOc1noc2c1CNCCC2.Cl. The van der Waals surface area contributed by atoms with Crippen LogP contribution in [0, 0.1) is 0 Å². The van der Waals surface area contributed by atoms with Crippen LogP contribution < -0.4 is 10.1 Å². The summed E-state index contributed by atoms with van der Waals surface area (Å²) in [7, 11) is 0. The molecule has 0 spiro atoms. The fourth-order valence-corrected chi connectivity index (χ4v) is 1.53. The molecule has 1 aromatic rings. The molecular formula is C9H15ClN2O2. The Kier molecular flexibility index (Phi) is 4.22. The summed E-state index contributed by atoms with van der Waals surface area (Å²) >= 11 is 0. The Morgan fingerprint density at radius 2 is 2.43 bits per heavy atom. The predicted octanol–water partition coefficient (Wildman–Crippen LogP) is 1.53. The molecular weight excluding hydrogens is 204 g/mol. The van der Waals surface area contributed by atoms with Crippen LogP contribution in [0.3, 0.4) is 0 Å². The lowest BCUT2D eigenvalue weighted by atomic mass is 10.2. The molecule has 80 valence electrons. The lowest BCUT2D eigenvalue weighted by Crippen LogP contribution is -2.12. The van der Waals surface area contributed by atoms with Crippen molar-refractivity contribution in [3.63, 3.8) is 0 Å². The van der Waals surface area contributed by atoms with Gasteiger partial charge in [-0.05, 0) is 25.0 Å². The maximum Gasteiger partial charge on any atom is 0.258 e. The first-order chi connectivity index (χ1) is 6.42. The minimum atomic E-state index is 0. The van der Waals surface area contributed by atoms with E-state index < -0.39 is 0 Å². The monoisotopic (exact) mass is 218 g/mol. The van der Waals surface area contributed by atoms with E-state index in [0.29, 0.717) is 12.5 Å². The molecule has 0 saturated heterocycles. The van der Waals surface area contributed by atoms with Crippen LogP contribution in [0.4, 0.5) is 0 Å². The van der Waals surface area contributed by atoms with E-state index in [1.165, 1.54) is 0 Å². The first-order valence-corrected chi connectivity index (χ1v) is 4.72. The van der Waals surface area contributed by atoms with Gasteiger partial charge in [0.25, 0.3) is 5.88 Å². The minimum absolute atomic E-state index is 0. The van der Waals surface area contributed by atoms with E-state index in [2.05, 4.69) is 10.5 Å². The summed E-state index contributed by atoms with van der Waals surface area (Å²) in [5.74, 6) is 1.64. The summed E-state index contributed by atoms with van der Waals surface area (Å²) in [5.41, 5.74) is 1.10. The molecule has 0 fully saturated rings. The number of hydrogen-bond donors (Lipinski definition) is 1. The van der Waals surface area contributed by atoms with Gasteiger partial charge in [-0.25, -0.2) is 0 Å². The van der Waals surface area contributed by atoms with E-state index >= 15 is 0 Å². The molecule has 0 amide bonds. The van der Waals surface area contributed by atoms with Gasteiger partial charge in [-0.2, -0.15) is 0 Å². The van der Waals surface area contributed by atoms with Gasteiger partial charge in [0, 0.05) is 13.0 Å². The van der Waals surface area contributed by atoms with E-state index in [4.69, 9.17) is 9.26 Å². The molecule has 1 aromatic heterocycles. The van der Waals surface area contributed by atoms with Crippen LogP contribution >= 0.6 is 12.4 Å². The number of aryl methyl sites for hydroxylation is 1. The number of nitrogens with one attached hydrogen (secondary N) is 1. The van der Waals surface area contributed by atoms with Gasteiger partial charge in [0.2, 0.25) is 0 Å². The zero-order chi connectivity index (χ0) is 9.10. The van der Waals surface area contributed by atoms with Gasteiger partial charge >= 0.3 is 0 Å². The van der Waals surface area contributed by atoms with Crippen molar-refractivity contribution in [2.75, 3.05) is 13.2 Å². The van der Waals surface area contributed by atoms with E-state index in [9.17, 15) is 0 Å². The summed E-state index contributed by atoms with van der Waals surface area (Å²) in [6, 6.07) is 0. The Bertz CT molecular complexity index is 288. The van der Waals surface area contributed by atoms with E-state index in [1.54, 1.807) is 0 Å². The number of rotatable bonds is 2. The van der Waals surface area contributed by atoms with E-state index in [1.807, 2.05) is 6.92 Å². The first-order valence-electron chi connectivity index (χ1n) is 4.72. The second kappa shape index (κ2) is 5.22. The lowest BCUT2D eigenvalue weighted by molar-refractivity contribution is 0.287. The van der Waals surface area contributed by atoms with E-state index in [0.717, 1.165) is 37.3 Å². The van der Waals surface area contributed by atoms with Gasteiger partial charge < -0.3 is 14.6 Å². The Morgan fingerprint density at radius 1 is 1.57 bits per heavy atom. The van der Waals surface area contributed by atoms with Crippen molar-refractivity contribution in [2.24, 2.45) is 0 Å². The van der Waals surface area contributed by atoms with Crippen molar-refractivity contribution < 1.29 is 9.26 Å². The maximum atomic E-state index is 5.35. The highest BCUT2D eigenvalue weighted by Crippen LogP contribution is 2.23. The minimum Gasteiger partial charge on any atom is -0.476 e. The number of aromatic nitrogens is 1. The number of hydrogen-bond acceptors (Lipinski definition) is 4. The lowest BCUT2D eigenvalue weighted by Gasteiger charge is -2.01. The van der Waals surface area contributed by atoms with Crippen molar-refractivity contribution in [3.05, 3.63) is 11.3 Å². The van der Waals surface area contributed by atoms with Crippen LogP contribution in [0.15, 0.2) is 4.52 Å². The number of halogens is 1. The molecule has 1 aliphatic heterocycles. The topological polar surface area (TPSA) is 47.3 Å². The third kappa shape index (κ3) is 2.19. The normalized spacial score (nSPS) is 15.2. The standard InChI is InChI=1S/C9H14N2O2.ClH/c1-2-12-9-7-6-10-5-3-4-8(7)13-11-9;/h10H,2-6H2,1H3;1H. The molecule has 1 aliphatic rings. The van der Waals surface area contributed by atoms with Crippen LogP contribution in [-0.4, -0.2) is 18.3 Å². The Balaban J connectivity index is 0.000000980. The number of fused-ring (bicyclic) bond motifs is 1. The first kappa shape index (κ1) is 11.3. The van der Waals surface area contributed by atoms with Gasteiger partial charge in [0.15, 0.2) is 0 Å². The molecule has 0 aliphatic carbocycles. The Hall–Kier alpha value is -0.740. The van der Waals surface area contributed by atoms with Gasteiger partial charge in [-0.15, -0.1) is 12.4 Å². The molecule has 0 radical (unpaired) electrons. The molecule has 1 N–H and O–H groups in total. The van der Waals surface area contributed by atoms with Gasteiger partial charge in [-0.3, -0.25) is 0 Å². The van der Waals surface area contributed by atoms with Crippen molar-refractivity contribution >= 4 is 12.4 Å². The molecule has 14 heavy (non-hydrogen) atoms. The molecule has 2 heterocycles. The predicted molar refractivity (Wildman–Crippen MR) is 54.9 cm³/mol. The van der Waals surface area contributed by atoms with Crippen molar-refractivity contribution in [1.82, 2.24) is 10.5 Å². The summed E-state index contributed by atoms with van der Waals surface area (Å²) in [4.78, 5) is 0. The van der Waals surface area contributed by atoms with Crippen molar-refractivity contribution in [2.45, 2.75) is 26.3 Å². The highest BCUT2D eigenvalue weighted by atomic mass is 35.5. The van der Waals surface area contributed by atoms with Crippen LogP contribution in [0.2, 0.25) is 0 Å². The van der Waals surface area contributed by atoms with Crippen LogP contribution in [-0.2, 0) is 13.0 Å². The second-order valence-electron chi connectivity index (χ2n) is 3.10. The highest BCUT2D eigenvalue weighted by Gasteiger charge is 2.18. The zero-order valence-corrected chi connectivity index (χ0v) is 9.02. The number of nitrogens with zero attached hydrogens (tertiary/aromatic N) is 1. The summed E-state index contributed by atoms with van der Waals surface area (Å²) in [6.45, 7) is 4.44. The molecule has 0 bridgehead atoms. The van der Waals surface area contributed by atoms with Crippen molar-refractivity contribution in [1.29, 1.82) is 0 Å². The fraction of sp³-hybridized carbons (Fsp3) is 0.667. The van der Waals surface area contributed by atoms with Crippen LogP contribution in [0.25, 0.3) is 0 Å². The average molecular weight is 219 g/mol. The summed E-state index contributed by atoms with van der Waals surface area (Å²) in [5, 5.41) is 7.20. The second-order valence-corrected chi connectivity index (χ2v) is 3.10. The average Bonchev–Trinajstić information content (AvgIpc) is 2.38. The fourth-order valence-electron chi connectivity index (χ4n) is 1.53. The zero-order valence-electron chi connectivity index (χ0n) is 8.21. The summed E-state index contributed by atoms with van der Waals surface area (Å²) < 4.78 is 10.6. The van der Waals surface area contributed by atoms with Gasteiger partial charge in [-0.1, -0.05) is 0 Å². The molecule has 0 atom stereocenters. The molecule has 0 unspecified atom stereocenters. The molecule has 5 heteroatoms. The quantitative estimate of drug-likeness (QED) is 0.818. The van der Waals surface area contributed by atoms with Gasteiger partial charge in [0.05, 0.1) is 12.2 Å². The summed E-state index contributed by atoms with van der Waals surface area (Å²) in [6.07, 6.45) is 2.07. The maximum absolute atomic E-state index is 5.35. The van der Waals surface area contributed by atoms with Crippen molar-refractivity contribution in [3.8, 4) is 5.88 Å². The van der Waals surface area contributed by atoms with Gasteiger partial charge in [0.1, 0.15) is 5.76 Å². The third-order valence-electron chi connectivity index (χ3n) is 2.17. The van der Waals surface area contributed by atoms with Crippen LogP contribution in [0.1, 0.15) is 24.7 Å². The van der Waals surface area contributed by atoms with E-state index in [-0.39, 0.29) is 12.4 Å². The highest BCUT2D eigenvalue weighted by molar-refractivity contribution is 5.85. The molecule has 0 aromatic carbocycles. The smallest absolute Gasteiger partial charge is 0.258 e. The van der Waals surface area contributed by atoms with Crippen LogP contribution in [0.5, 0.6) is 5.88 Å². The number of ether oxygens (including phenoxy) is 1.